The number of nitrogens with zero attached hydrogens (tertiary/aromatic N) is 1. The molecule has 0 aromatic heterocycles. The van der Waals surface area contributed by atoms with Crippen LogP contribution in [0.5, 0.6) is 11.5 Å². The molecule has 1 atom stereocenters. The van der Waals surface area contributed by atoms with Crippen LogP contribution in [0.2, 0.25) is 0 Å². The Morgan fingerprint density at radius 2 is 1.93 bits per heavy atom. The lowest BCUT2D eigenvalue weighted by molar-refractivity contribution is -0.150. The second-order valence-corrected chi connectivity index (χ2v) is 7.32. The van der Waals surface area contributed by atoms with E-state index in [0.717, 1.165) is 5.56 Å². The van der Waals surface area contributed by atoms with E-state index in [0.29, 0.717) is 24.5 Å². The molecule has 0 unspecified atom stereocenters. The summed E-state index contributed by atoms with van der Waals surface area (Å²) in [5.41, 5.74) is 0.351. The van der Waals surface area contributed by atoms with Gasteiger partial charge in [-0.2, -0.15) is 0 Å². The zero-order valence-electron chi connectivity index (χ0n) is 16.9. The number of ether oxygens (including phenoxy) is 3. The number of aliphatic imine (C=N–C) groups is 1. The maximum Gasteiger partial charge on any atom is 0.316 e. The fraction of sp³-hybridized carbons (Fsp3) is 0.476. The summed E-state index contributed by atoms with van der Waals surface area (Å²) in [5.74, 6) is -0.682. The van der Waals surface area contributed by atoms with Gasteiger partial charge in [-0.15, -0.1) is 0 Å². The Bertz CT molecular complexity index is 809. The van der Waals surface area contributed by atoms with Gasteiger partial charge in [0.1, 0.15) is 11.7 Å². The van der Waals surface area contributed by atoms with Crippen LogP contribution in [0.25, 0.3) is 0 Å². The van der Waals surface area contributed by atoms with Crippen molar-refractivity contribution in [3.8, 4) is 11.5 Å². The topological polar surface area (TPSA) is 94.4 Å². The predicted molar refractivity (Wildman–Crippen MR) is 105 cm³/mol. The van der Waals surface area contributed by atoms with Crippen LogP contribution in [0, 0.1) is 11.3 Å². The van der Waals surface area contributed by atoms with E-state index < -0.39 is 17.3 Å². The lowest BCUT2D eigenvalue weighted by Crippen LogP contribution is -2.40. The van der Waals surface area contributed by atoms with Gasteiger partial charge >= 0.3 is 5.97 Å². The van der Waals surface area contributed by atoms with E-state index in [1.807, 2.05) is 18.2 Å². The number of ketones is 1. The van der Waals surface area contributed by atoms with Gasteiger partial charge in [-0.1, -0.05) is 19.9 Å². The molecular weight excluding hydrogens is 362 g/mol. The number of benzene rings is 1. The van der Waals surface area contributed by atoms with Crippen LogP contribution in [-0.4, -0.2) is 50.9 Å². The van der Waals surface area contributed by atoms with Crippen LogP contribution in [0.4, 0.5) is 0 Å². The Kier molecular flexibility index (Phi) is 6.83. The fourth-order valence-corrected chi connectivity index (χ4v) is 3.35. The number of rotatable bonds is 7. The van der Waals surface area contributed by atoms with Gasteiger partial charge in [-0.3, -0.25) is 14.6 Å². The van der Waals surface area contributed by atoms with Gasteiger partial charge < -0.3 is 19.3 Å². The minimum absolute atomic E-state index is 0.0713. The molecule has 1 N–H and O–H groups in total. The zero-order valence-corrected chi connectivity index (χ0v) is 16.9. The van der Waals surface area contributed by atoms with E-state index in [1.54, 1.807) is 28.1 Å². The monoisotopic (exact) mass is 389 g/mol. The van der Waals surface area contributed by atoms with E-state index in [9.17, 15) is 14.7 Å². The Hall–Kier alpha value is -2.83. The molecule has 0 amide bonds. The molecule has 0 spiro atoms. The molecule has 0 heterocycles. The van der Waals surface area contributed by atoms with Crippen LogP contribution >= 0.6 is 0 Å². The molecule has 1 aliphatic rings. The number of hydrogen-bond donors (Lipinski definition) is 1. The molecule has 152 valence electrons. The van der Waals surface area contributed by atoms with Crippen LogP contribution in [0.15, 0.2) is 34.5 Å². The van der Waals surface area contributed by atoms with Crippen LogP contribution < -0.4 is 9.47 Å². The summed E-state index contributed by atoms with van der Waals surface area (Å²) in [7, 11) is 4.41. The minimum Gasteiger partial charge on any atom is -0.511 e. The van der Waals surface area contributed by atoms with Gasteiger partial charge in [0.25, 0.3) is 0 Å². The standard InChI is InChI=1S/C21H27NO6/c1-21(2)11-15(23)14(19(24)18(21)20(25)28-5)12-22-9-8-13-6-7-16(26-3)17(10-13)27-4/h6-7,10,12,18,24H,8-9,11H2,1-5H3/t18-/m1/s1. The third-order valence-corrected chi connectivity index (χ3v) is 4.88. The number of carbonyl (C=O) groups is 2. The molecule has 7 nitrogen and oxygen atoms in total. The maximum atomic E-state index is 12.4. The van der Waals surface area contributed by atoms with Crippen molar-refractivity contribution in [2.75, 3.05) is 27.9 Å². The van der Waals surface area contributed by atoms with Crippen LogP contribution in [0.1, 0.15) is 25.8 Å². The zero-order chi connectivity index (χ0) is 20.9. The second kappa shape index (κ2) is 8.91. The summed E-state index contributed by atoms with van der Waals surface area (Å²) >= 11 is 0. The first kappa shape index (κ1) is 21.5. The summed E-state index contributed by atoms with van der Waals surface area (Å²) in [4.78, 5) is 28.8. The molecule has 0 saturated heterocycles. The van der Waals surface area contributed by atoms with Crippen molar-refractivity contribution in [1.82, 2.24) is 0 Å². The Morgan fingerprint density at radius 3 is 2.54 bits per heavy atom. The molecule has 0 aliphatic heterocycles. The van der Waals surface area contributed by atoms with E-state index in [4.69, 9.17) is 14.2 Å². The van der Waals surface area contributed by atoms with E-state index >= 15 is 0 Å². The van der Waals surface area contributed by atoms with Crippen molar-refractivity contribution in [3.05, 3.63) is 35.1 Å². The minimum atomic E-state index is -0.887. The highest BCUT2D eigenvalue weighted by Gasteiger charge is 2.46. The number of aliphatic hydroxyl groups excluding tert-OH is 1. The number of carbonyl (C=O) groups excluding carboxylic acids is 2. The first-order valence-corrected chi connectivity index (χ1v) is 9.00. The first-order valence-electron chi connectivity index (χ1n) is 9.00. The number of esters is 1. The van der Waals surface area contributed by atoms with Crippen molar-refractivity contribution >= 4 is 18.0 Å². The van der Waals surface area contributed by atoms with E-state index in [1.165, 1.54) is 13.3 Å². The number of hydrogen-bond acceptors (Lipinski definition) is 7. The van der Waals surface area contributed by atoms with Crippen LogP contribution in [0.3, 0.4) is 0 Å². The third kappa shape index (κ3) is 4.52. The van der Waals surface area contributed by atoms with Gasteiger partial charge in [0.05, 0.1) is 26.9 Å². The van der Waals surface area contributed by atoms with Gasteiger partial charge in [-0.05, 0) is 29.5 Å². The fourth-order valence-electron chi connectivity index (χ4n) is 3.35. The molecule has 2 rings (SSSR count). The predicted octanol–water partition coefficient (Wildman–Crippen LogP) is 2.92. The highest BCUT2D eigenvalue weighted by molar-refractivity contribution is 6.15. The first-order chi connectivity index (χ1) is 13.2. The molecule has 1 aromatic carbocycles. The molecular formula is C21H27NO6. The molecule has 7 heteroatoms. The van der Waals surface area contributed by atoms with Crippen LogP contribution in [-0.2, 0) is 20.7 Å². The molecule has 1 aromatic rings. The Labute approximate surface area is 165 Å². The van der Waals surface area contributed by atoms with E-state index in [-0.39, 0.29) is 23.5 Å². The SMILES string of the molecule is COC(=O)[C@H]1C(O)=C(C=NCCc2ccc(OC)c(OC)c2)C(=O)CC1(C)C. The summed E-state index contributed by atoms with van der Waals surface area (Å²) < 4.78 is 15.3. The van der Waals surface area contributed by atoms with Crippen molar-refractivity contribution in [2.24, 2.45) is 16.3 Å². The van der Waals surface area contributed by atoms with Gasteiger partial charge in [0.15, 0.2) is 17.3 Å². The largest absolute Gasteiger partial charge is 0.511 e. The number of Topliss-reactive ketones (excluding diaryl/α,β-unsaturated/α-hetero) is 1. The molecule has 0 radical (unpaired) electrons. The van der Waals surface area contributed by atoms with Gasteiger partial charge in [0.2, 0.25) is 0 Å². The van der Waals surface area contributed by atoms with Crippen molar-refractivity contribution in [2.45, 2.75) is 26.7 Å². The average molecular weight is 389 g/mol. The van der Waals surface area contributed by atoms with Crippen molar-refractivity contribution in [3.63, 3.8) is 0 Å². The van der Waals surface area contributed by atoms with E-state index in [2.05, 4.69) is 4.99 Å². The van der Waals surface area contributed by atoms with Crippen molar-refractivity contribution < 1.29 is 28.9 Å². The highest BCUT2D eigenvalue weighted by Crippen LogP contribution is 2.41. The summed E-state index contributed by atoms with van der Waals surface area (Å²) in [5, 5.41) is 10.5. The maximum absolute atomic E-state index is 12.4. The van der Waals surface area contributed by atoms with Gasteiger partial charge in [-0.25, -0.2) is 0 Å². The van der Waals surface area contributed by atoms with Crippen molar-refractivity contribution in [1.29, 1.82) is 0 Å². The quantitative estimate of drug-likeness (QED) is 0.569. The summed E-state index contributed by atoms with van der Waals surface area (Å²) in [6.45, 7) is 3.92. The highest BCUT2D eigenvalue weighted by atomic mass is 16.5. The molecule has 0 saturated carbocycles. The smallest absolute Gasteiger partial charge is 0.316 e. The average Bonchev–Trinajstić information content (AvgIpc) is 2.65. The number of methoxy groups -OCH3 is 3. The molecule has 0 bridgehead atoms. The Morgan fingerprint density at radius 1 is 1.25 bits per heavy atom. The summed E-state index contributed by atoms with van der Waals surface area (Å²) in [6, 6.07) is 5.60. The Balaban J connectivity index is 2.14. The molecule has 28 heavy (non-hydrogen) atoms. The number of allylic oxidation sites excluding steroid dienone is 1. The summed E-state index contributed by atoms with van der Waals surface area (Å²) in [6.07, 6.45) is 2.10. The molecule has 1 aliphatic carbocycles. The second-order valence-electron chi connectivity index (χ2n) is 7.32. The number of aliphatic hydroxyl groups is 1. The lowest BCUT2D eigenvalue weighted by Gasteiger charge is -2.35. The lowest BCUT2D eigenvalue weighted by atomic mass is 9.68. The normalized spacial score (nSPS) is 19.0. The van der Waals surface area contributed by atoms with Gasteiger partial charge in [0, 0.05) is 19.2 Å². The molecule has 0 fully saturated rings. The third-order valence-electron chi connectivity index (χ3n) is 4.88.